The van der Waals surface area contributed by atoms with Gasteiger partial charge in [-0.15, -0.1) is 0 Å². The van der Waals surface area contributed by atoms with E-state index in [-0.39, 0.29) is 30.4 Å². The van der Waals surface area contributed by atoms with Crippen molar-refractivity contribution in [2.24, 2.45) is 0 Å². The summed E-state index contributed by atoms with van der Waals surface area (Å²) in [6.07, 6.45) is 0. The van der Waals surface area contributed by atoms with E-state index < -0.39 is 16.1 Å². The molecule has 0 radical (unpaired) electrons. The van der Waals surface area contributed by atoms with Crippen LogP contribution in [0.2, 0.25) is 0 Å². The van der Waals surface area contributed by atoms with Gasteiger partial charge in [-0.1, -0.05) is 26.0 Å². The Morgan fingerprint density at radius 3 is 2.36 bits per heavy atom. The standard InChI is InChI=1S/C14H19N3O4S/c1-10(2)11-3-5-12(6-4-11)22(20,21)16-7-8-17-13(18)9-15-14(17)19/h3-6,10,16H,7-9H2,1-2H3,(H,15,19). The van der Waals surface area contributed by atoms with E-state index in [4.69, 9.17) is 0 Å². The third kappa shape index (κ3) is 3.63. The van der Waals surface area contributed by atoms with Crippen molar-refractivity contribution in [1.82, 2.24) is 14.9 Å². The number of sulfonamides is 1. The van der Waals surface area contributed by atoms with Gasteiger partial charge in [-0.05, 0) is 23.6 Å². The smallest absolute Gasteiger partial charge is 0.324 e. The lowest BCUT2D eigenvalue weighted by atomic mass is 10.0. The number of benzene rings is 1. The van der Waals surface area contributed by atoms with Gasteiger partial charge in [0, 0.05) is 13.1 Å². The first-order valence-corrected chi connectivity index (χ1v) is 8.47. The predicted octanol–water partition coefficient (Wildman–Crippen LogP) is 0.640. The van der Waals surface area contributed by atoms with Gasteiger partial charge in [0.1, 0.15) is 0 Å². The number of hydrogen-bond acceptors (Lipinski definition) is 4. The lowest BCUT2D eigenvalue weighted by Crippen LogP contribution is -2.38. The second-order valence-corrected chi connectivity index (χ2v) is 7.09. The molecule has 1 saturated heterocycles. The Labute approximate surface area is 129 Å². The first-order valence-electron chi connectivity index (χ1n) is 6.99. The number of nitrogens with zero attached hydrogens (tertiary/aromatic N) is 1. The molecular formula is C14H19N3O4S. The van der Waals surface area contributed by atoms with Gasteiger partial charge >= 0.3 is 6.03 Å². The average molecular weight is 325 g/mol. The minimum absolute atomic E-state index is 0.00791. The summed E-state index contributed by atoms with van der Waals surface area (Å²) in [4.78, 5) is 23.9. The molecule has 1 fully saturated rings. The summed E-state index contributed by atoms with van der Waals surface area (Å²) in [6.45, 7) is 4.00. The number of carbonyl (C=O) groups is 2. The fourth-order valence-corrected chi connectivity index (χ4v) is 3.11. The van der Waals surface area contributed by atoms with Gasteiger partial charge in [0.25, 0.3) is 0 Å². The number of imide groups is 1. The van der Waals surface area contributed by atoms with Crippen molar-refractivity contribution < 1.29 is 18.0 Å². The Hall–Kier alpha value is -1.93. The lowest BCUT2D eigenvalue weighted by Gasteiger charge is -2.13. The zero-order valence-electron chi connectivity index (χ0n) is 12.5. The number of amides is 3. The Kier molecular flexibility index (Phi) is 4.82. The molecule has 0 unspecified atom stereocenters. The molecule has 22 heavy (non-hydrogen) atoms. The molecule has 2 N–H and O–H groups in total. The highest BCUT2D eigenvalue weighted by molar-refractivity contribution is 7.89. The summed E-state index contributed by atoms with van der Waals surface area (Å²) in [5.74, 6) is -0.0325. The molecular weight excluding hydrogens is 306 g/mol. The third-order valence-corrected chi connectivity index (χ3v) is 4.90. The Balaban J connectivity index is 1.96. The highest BCUT2D eigenvalue weighted by Gasteiger charge is 2.28. The van der Waals surface area contributed by atoms with Gasteiger partial charge in [0.15, 0.2) is 0 Å². The second kappa shape index (κ2) is 6.45. The summed E-state index contributed by atoms with van der Waals surface area (Å²) < 4.78 is 26.7. The fraction of sp³-hybridized carbons (Fsp3) is 0.429. The Morgan fingerprint density at radius 2 is 1.86 bits per heavy atom. The monoisotopic (exact) mass is 325 g/mol. The van der Waals surface area contributed by atoms with E-state index in [0.29, 0.717) is 5.92 Å². The predicted molar refractivity (Wildman–Crippen MR) is 80.8 cm³/mol. The van der Waals surface area contributed by atoms with Crippen LogP contribution < -0.4 is 10.0 Å². The molecule has 3 amide bonds. The van der Waals surface area contributed by atoms with Crippen molar-refractivity contribution in [2.45, 2.75) is 24.7 Å². The summed E-state index contributed by atoms with van der Waals surface area (Å²) in [7, 11) is -3.65. The quantitative estimate of drug-likeness (QED) is 0.750. The maximum atomic E-state index is 12.1. The molecule has 1 aromatic rings. The van der Waals surface area contributed by atoms with Gasteiger partial charge in [-0.25, -0.2) is 17.9 Å². The van der Waals surface area contributed by atoms with Crippen molar-refractivity contribution in [3.63, 3.8) is 0 Å². The van der Waals surface area contributed by atoms with Crippen LogP contribution in [0, 0.1) is 0 Å². The zero-order valence-corrected chi connectivity index (χ0v) is 13.3. The minimum Gasteiger partial charge on any atom is -0.329 e. The molecule has 2 rings (SSSR count). The maximum Gasteiger partial charge on any atom is 0.324 e. The van der Waals surface area contributed by atoms with Crippen LogP contribution in [0.15, 0.2) is 29.2 Å². The van der Waals surface area contributed by atoms with E-state index in [1.807, 2.05) is 13.8 Å². The molecule has 1 heterocycles. The molecule has 0 atom stereocenters. The topological polar surface area (TPSA) is 95.6 Å². The molecule has 1 aliphatic rings. The van der Waals surface area contributed by atoms with Crippen molar-refractivity contribution in [1.29, 1.82) is 0 Å². The molecule has 7 nitrogen and oxygen atoms in total. The van der Waals surface area contributed by atoms with E-state index in [0.717, 1.165) is 10.5 Å². The van der Waals surface area contributed by atoms with E-state index in [2.05, 4.69) is 10.0 Å². The highest BCUT2D eigenvalue weighted by atomic mass is 32.2. The maximum absolute atomic E-state index is 12.1. The highest BCUT2D eigenvalue weighted by Crippen LogP contribution is 2.17. The van der Waals surface area contributed by atoms with E-state index in [1.54, 1.807) is 24.3 Å². The molecule has 0 bridgehead atoms. The number of urea groups is 1. The largest absolute Gasteiger partial charge is 0.329 e. The van der Waals surface area contributed by atoms with Crippen LogP contribution in [0.4, 0.5) is 4.79 Å². The summed E-state index contributed by atoms with van der Waals surface area (Å²) >= 11 is 0. The molecule has 1 aliphatic heterocycles. The number of nitrogens with one attached hydrogen (secondary N) is 2. The van der Waals surface area contributed by atoms with Crippen LogP contribution in [0.3, 0.4) is 0 Å². The van der Waals surface area contributed by atoms with Crippen LogP contribution in [0.5, 0.6) is 0 Å². The number of carbonyl (C=O) groups excluding carboxylic acids is 2. The first kappa shape index (κ1) is 16.4. The second-order valence-electron chi connectivity index (χ2n) is 5.33. The summed E-state index contributed by atoms with van der Waals surface area (Å²) in [5.41, 5.74) is 1.05. The van der Waals surface area contributed by atoms with Gasteiger partial charge in [0.05, 0.1) is 11.4 Å². The van der Waals surface area contributed by atoms with E-state index >= 15 is 0 Å². The first-order chi connectivity index (χ1) is 10.3. The van der Waals surface area contributed by atoms with E-state index in [1.165, 1.54) is 0 Å². The Morgan fingerprint density at radius 1 is 1.23 bits per heavy atom. The number of rotatable bonds is 6. The lowest BCUT2D eigenvalue weighted by molar-refractivity contribution is -0.124. The van der Waals surface area contributed by atoms with Crippen LogP contribution in [0.25, 0.3) is 0 Å². The van der Waals surface area contributed by atoms with Crippen molar-refractivity contribution in [3.05, 3.63) is 29.8 Å². The van der Waals surface area contributed by atoms with Crippen molar-refractivity contribution >= 4 is 22.0 Å². The molecule has 0 saturated carbocycles. The van der Waals surface area contributed by atoms with Crippen LogP contribution in [-0.2, 0) is 14.8 Å². The Bertz CT molecular complexity index is 652. The van der Waals surface area contributed by atoms with E-state index in [9.17, 15) is 18.0 Å². The summed E-state index contributed by atoms with van der Waals surface area (Å²) in [6, 6.07) is 6.15. The minimum atomic E-state index is -3.65. The fourth-order valence-electron chi connectivity index (χ4n) is 2.09. The van der Waals surface area contributed by atoms with Crippen molar-refractivity contribution in [2.75, 3.05) is 19.6 Å². The zero-order chi connectivity index (χ0) is 16.3. The van der Waals surface area contributed by atoms with Crippen LogP contribution in [0.1, 0.15) is 25.3 Å². The SMILES string of the molecule is CC(C)c1ccc(S(=O)(=O)NCCN2C(=O)CNC2=O)cc1. The summed E-state index contributed by atoms with van der Waals surface area (Å²) in [5, 5.41) is 2.38. The van der Waals surface area contributed by atoms with Gasteiger partial charge in [-0.3, -0.25) is 9.69 Å². The molecule has 120 valence electrons. The van der Waals surface area contributed by atoms with Crippen LogP contribution >= 0.6 is 0 Å². The normalized spacial score (nSPS) is 15.5. The molecule has 8 heteroatoms. The molecule has 0 aliphatic carbocycles. The number of hydrogen-bond donors (Lipinski definition) is 2. The molecule has 0 spiro atoms. The van der Waals surface area contributed by atoms with Gasteiger partial charge in [0.2, 0.25) is 15.9 Å². The van der Waals surface area contributed by atoms with Crippen molar-refractivity contribution in [3.8, 4) is 0 Å². The van der Waals surface area contributed by atoms with Gasteiger partial charge < -0.3 is 5.32 Å². The molecule has 0 aromatic heterocycles. The molecule has 1 aromatic carbocycles. The van der Waals surface area contributed by atoms with Gasteiger partial charge in [-0.2, -0.15) is 0 Å². The van der Waals surface area contributed by atoms with Crippen LogP contribution in [-0.4, -0.2) is 44.9 Å². The average Bonchev–Trinajstić information content (AvgIpc) is 2.79. The third-order valence-electron chi connectivity index (χ3n) is 3.42.